The Bertz CT molecular complexity index is 446. The van der Waals surface area contributed by atoms with Crippen LogP contribution < -0.4 is 10.1 Å². The van der Waals surface area contributed by atoms with Crippen molar-refractivity contribution < 1.29 is 19.4 Å². The number of hydrogen-bond acceptors (Lipinski definition) is 4. The molecule has 0 unspecified atom stereocenters. The molecule has 21 heavy (non-hydrogen) atoms. The Morgan fingerprint density at radius 1 is 1.33 bits per heavy atom. The Morgan fingerprint density at radius 3 is 2.76 bits per heavy atom. The van der Waals surface area contributed by atoms with Gasteiger partial charge in [0.2, 0.25) is 0 Å². The molecule has 0 saturated heterocycles. The van der Waals surface area contributed by atoms with Gasteiger partial charge >= 0.3 is 5.97 Å². The molecule has 0 heterocycles. The second kappa shape index (κ2) is 8.64. The van der Waals surface area contributed by atoms with Crippen molar-refractivity contribution in [3.8, 4) is 5.75 Å². The highest BCUT2D eigenvalue weighted by Gasteiger charge is 2.25. The van der Waals surface area contributed by atoms with Crippen LogP contribution in [-0.2, 0) is 16.1 Å². The second-order valence-electron chi connectivity index (χ2n) is 5.60. The summed E-state index contributed by atoms with van der Waals surface area (Å²) in [5, 5.41) is 12.3. The van der Waals surface area contributed by atoms with E-state index >= 15 is 0 Å². The smallest absolute Gasteiger partial charge is 0.309 e. The van der Waals surface area contributed by atoms with E-state index in [9.17, 15) is 4.79 Å². The van der Waals surface area contributed by atoms with E-state index in [1.54, 1.807) is 21.0 Å². The summed E-state index contributed by atoms with van der Waals surface area (Å²) < 4.78 is 10.5. The minimum atomic E-state index is -0.766. The van der Waals surface area contributed by atoms with Gasteiger partial charge in [-0.3, -0.25) is 4.79 Å². The van der Waals surface area contributed by atoms with Gasteiger partial charge in [-0.15, -0.1) is 0 Å². The molecule has 0 atom stereocenters. The molecule has 0 aliphatic rings. The Morgan fingerprint density at radius 2 is 2.10 bits per heavy atom. The average molecular weight is 295 g/mol. The normalized spacial score (nSPS) is 11.4. The molecule has 0 spiro atoms. The standard InChI is InChI=1S/C16H25NO4/c1-16(2,15(18)19)7-8-17-12-13-5-4-6-14(11-13)21-10-9-20-3/h4-6,11,17H,7-10,12H2,1-3H3,(H,18,19). The molecule has 0 aromatic heterocycles. The molecule has 1 rings (SSSR count). The molecular formula is C16H25NO4. The monoisotopic (exact) mass is 295 g/mol. The van der Waals surface area contributed by atoms with Crippen LogP contribution in [0.3, 0.4) is 0 Å². The Hall–Kier alpha value is -1.59. The molecule has 0 fully saturated rings. The maximum absolute atomic E-state index is 11.0. The average Bonchev–Trinajstić information content (AvgIpc) is 2.44. The van der Waals surface area contributed by atoms with Gasteiger partial charge in [0.05, 0.1) is 12.0 Å². The van der Waals surface area contributed by atoms with Crippen molar-refractivity contribution in [3.05, 3.63) is 29.8 Å². The van der Waals surface area contributed by atoms with E-state index in [-0.39, 0.29) is 0 Å². The third-order valence-corrected chi connectivity index (χ3v) is 3.29. The Kier molecular flexibility index (Phi) is 7.19. The summed E-state index contributed by atoms with van der Waals surface area (Å²) in [4.78, 5) is 11.0. The van der Waals surface area contributed by atoms with Crippen LogP contribution in [0.15, 0.2) is 24.3 Å². The highest BCUT2D eigenvalue weighted by molar-refractivity contribution is 5.73. The molecule has 5 nitrogen and oxygen atoms in total. The molecule has 0 aliphatic carbocycles. The lowest BCUT2D eigenvalue weighted by molar-refractivity contribution is -0.147. The van der Waals surface area contributed by atoms with Crippen LogP contribution >= 0.6 is 0 Å². The number of benzene rings is 1. The molecule has 0 saturated carbocycles. The lowest BCUT2D eigenvalue weighted by Crippen LogP contribution is -2.28. The minimum absolute atomic E-state index is 0.528. The molecule has 1 aromatic carbocycles. The fourth-order valence-corrected chi connectivity index (χ4v) is 1.73. The van der Waals surface area contributed by atoms with Crippen molar-refractivity contribution in [3.63, 3.8) is 0 Å². The van der Waals surface area contributed by atoms with Crippen LogP contribution in [0.5, 0.6) is 5.75 Å². The zero-order valence-corrected chi connectivity index (χ0v) is 13.0. The maximum Gasteiger partial charge on any atom is 0.309 e. The summed E-state index contributed by atoms with van der Waals surface area (Å²) in [5.41, 5.74) is 0.413. The third-order valence-electron chi connectivity index (χ3n) is 3.29. The van der Waals surface area contributed by atoms with E-state index < -0.39 is 11.4 Å². The van der Waals surface area contributed by atoms with Gasteiger partial charge in [-0.1, -0.05) is 12.1 Å². The predicted octanol–water partition coefficient (Wildman–Crippen LogP) is 2.30. The summed E-state index contributed by atoms with van der Waals surface area (Å²) in [6, 6.07) is 7.84. The second-order valence-corrected chi connectivity index (χ2v) is 5.60. The number of methoxy groups -OCH3 is 1. The first kappa shape index (κ1) is 17.5. The Labute approximate surface area is 126 Å². The molecule has 5 heteroatoms. The molecule has 0 radical (unpaired) electrons. The zero-order valence-electron chi connectivity index (χ0n) is 13.0. The highest BCUT2D eigenvalue weighted by Crippen LogP contribution is 2.19. The van der Waals surface area contributed by atoms with Crippen molar-refractivity contribution in [1.29, 1.82) is 0 Å². The molecule has 118 valence electrons. The summed E-state index contributed by atoms with van der Waals surface area (Å²) in [6.07, 6.45) is 0.590. The van der Waals surface area contributed by atoms with Crippen molar-refractivity contribution >= 4 is 5.97 Å². The first-order chi connectivity index (χ1) is 9.95. The predicted molar refractivity (Wildman–Crippen MR) is 81.6 cm³/mol. The summed E-state index contributed by atoms with van der Waals surface area (Å²) in [5.74, 6) is 0.0510. The van der Waals surface area contributed by atoms with E-state index in [0.717, 1.165) is 11.3 Å². The zero-order chi connectivity index (χ0) is 15.7. The van der Waals surface area contributed by atoms with Gasteiger partial charge < -0.3 is 19.9 Å². The number of nitrogens with one attached hydrogen (secondary N) is 1. The summed E-state index contributed by atoms with van der Waals surface area (Å²) in [6.45, 7) is 5.92. The topological polar surface area (TPSA) is 67.8 Å². The first-order valence-corrected chi connectivity index (χ1v) is 7.10. The molecule has 0 aliphatic heterocycles. The van der Waals surface area contributed by atoms with Crippen LogP contribution in [0.25, 0.3) is 0 Å². The van der Waals surface area contributed by atoms with Gasteiger partial charge in [0.15, 0.2) is 0 Å². The molecule has 0 amide bonds. The van der Waals surface area contributed by atoms with E-state index in [2.05, 4.69) is 5.32 Å². The minimum Gasteiger partial charge on any atom is -0.491 e. The fourth-order valence-electron chi connectivity index (χ4n) is 1.73. The van der Waals surface area contributed by atoms with Gasteiger partial charge in [-0.05, 0) is 44.5 Å². The molecular weight excluding hydrogens is 270 g/mol. The summed E-state index contributed by atoms with van der Waals surface area (Å²) >= 11 is 0. The van der Waals surface area contributed by atoms with Crippen molar-refractivity contribution in [1.82, 2.24) is 5.32 Å². The van der Waals surface area contributed by atoms with Gasteiger partial charge in [-0.2, -0.15) is 0 Å². The van der Waals surface area contributed by atoms with Gasteiger partial charge in [-0.25, -0.2) is 0 Å². The quantitative estimate of drug-likeness (QED) is 0.648. The number of ether oxygens (including phenoxy) is 2. The van der Waals surface area contributed by atoms with Crippen molar-refractivity contribution in [2.24, 2.45) is 5.41 Å². The molecule has 0 bridgehead atoms. The molecule has 1 aromatic rings. The number of aliphatic carboxylic acids is 1. The lowest BCUT2D eigenvalue weighted by atomic mass is 9.90. The van der Waals surface area contributed by atoms with Crippen molar-refractivity contribution in [2.75, 3.05) is 26.9 Å². The van der Waals surface area contributed by atoms with Gasteiger partial charge in [0.25, 0.3) is 0 Å². The van der Waals surface area contributed by atoms with Crippen LogP contribution in [0, 0.1) is 5.41 Å². The number of carbonyl (C=O) groups is 1. The number of hydrogen-bond donors (Lipinski definition) is 2. The maximum atomic E-state index is 11.0. The first-order valence-electron chi connectivity index (χ1n) is 7.10. The highest BCUT2D eigenvalue weighted by atomic mass is 16.5. The van der Waals surface area contributed by atoms with Crippen LogP contribution in [0.2, 0.25) is 0 Å². The Balaban J connectivity index is 2.35. The lowest BCUT2D eigenvalue weighted by Gasteiger charge is -2.19. The largest absolute Gasteiger partial charge is 0.491 e. The SMILES string of the molecule is COCCOc1cccc(CNCCC(C)(C)C(=O)O)c1. The molecule has 2 N–H and O–H groups in total. The van der Waals surface area contributed by atoms with Crippen molar-refractivity contribution in [2.45, 2.75) is 26.8 Å². The van der Waals surface area contributed by atoms with Gasteiger partial charge in [0.1, 0.15) is 12.4 Å². The van der Waals surface area contributed by atoms with E-state index in [0.29, 0.717) is 32.7 Å². The fraction of sp³-hybridized carbons (Fsp3) is 0.562. The van der Waals surface area contributed by atoms with E-state index in [1.165, 1.54) is 0 Å². The van der Waals surface area contributed by atoms with Crippen LogP contribution in [0.1, 0.15) is 25.8 Å². The number of rotatable bonds is 10. The van der Waals surface area contributed by atoms with Crippen LogP contribution in [0.4, 0.5) is 0 Å². The van der Waals surface area contributed by atoms with E-state index in [4.69, 9.17) is 14.6 Å². The summed E-state index contributed by atoms with van der Waals surface area (Å²) in [7, 11) is 1.64. The number of carboxylic acid groups (broad SMARTS) is 1. The third kappa shape index (κ3) is 6.60. The van der Waals surface area contributed by atoms with Crippen LogP contribution in [-0.4, -0.2) is 37.9 Å². The number of carboxylic acids is 1. The van der Waals surface area contributed by atoms with Gasteiger partial charge in [0, 0.05) is 13.7 Å². The van der Waals surface area contributed by atoms with E-state index in [1.807, 2.05) is 24.3 Å².